The van der Waals surface area contributed by atoms with Crippen LogP contribution in [0.2, 0.25) is 0 Å². The first kappa shape index (κ1) is 76.9. The Bertz CT molecular complexity index is 1470. The summed E-state index contributed by atoms with van der Waals surface area (Å²) >= 11 is 0. The highest BCUT2D eigenvalue weighted by Crippen LogP contribution is 2.18. The number of ether oxygens (including phenoxy) is 3. The zero-order chi connectivity index (χ0) is 57.8. The fourth-order valence-corrected chi connectivity index (χ4v) is 10.3. The number of rotatable bonds is 64. The van der Waals surface area contributed by atoms with Crippen LogP contribution in [0.15, 0.2) is 72.9 Å². The predicted octanol–water partition coefficient (Wildman–Crippen LogP) is 24.1. The smallest absolute Gasteiger partial charge is 0.306 e. The minimum atomic E-state index is -0.796. The number of esters is 3. The maximum Gasteiger partial charge on any atom is 0.306 e. The molecule has 0 N–H and O–H groups in total. The van der Waals surface area contributed by atoms with Gasteiger partial charge in [0, 0.05) is 19.3 Å². The van der Waals surface area contributed by atoms with Gasteiger partial charge in [-0.15, -0.1) is 0 Å². The van der Waals surface area contributed by atoms with Gasteiger partial charge in [0.25, 0.3) is 0 Å². The molecule has 464 valence electrons. The molecule has 0 saturated heterocycles. The minimum Gasteiger partial charge on any atom is -0.462 e. The monoisotopic (exact) mass is 1120 g/mol. The quantitative estimate of drug-likeness (QED) is 0.0261. The second-order valence-electron chi connectivity index (χ2n) is 23.4. The summed E-state index contributed by atoms with van der Waals surface area (Å²) in [4.78, 5) is 38.2. The number of carbonyl (C=O) groups is 3. The molecule has 0 aliphatic carbocycles. The Morgan fingerprint density at radius 3 is 0.762 bits per heavy atom. The first-order valence-corrected chi connectivity index (χ1v) is 34.9. The Morgan fingerprint density at radius 2 is 0.487 bits per heavy atom. The average Bonchev–Trinajstić information content (AvgIpc) is 3.46. The molecular formula is C74H132O6. The van der Waals surface area contributed by atoms with Crippen LogP contribution in [0.1, 0.15) is 361 Å². The molecule has 0 radical (unpaired) electrons. The van der Waals surface area contributed by atoms with Crippen molar-refractivity contribution in [1.29, 1.82) is 0 Å². The highest BCUT2D eigenvalue weighted by atomic mass is 16.6. The summed E-state index contributed by atoms with van der Waals surface area (Å²) in [6.45, 7) is 6.51. The standard InChI is InChI=1S/C74H132O6/c1-4-7-10-13-16-19-21-23-25-27-29-31-32-33-34-35-36-37-38-39-40-41-42-44-45-47-49-51-53-55-58-61-64-67-73(76)79-70-71(69-78-72(75)66-63-60-57-18-15-12-9-6-3)80-74(77)68-65-62-59-56-54-52-50-48-46-43-30-28-26-24-22-20-17-14-11-8-5-2/h8,11,17,20,24,26,30,43,48,50,54,56,71H,4-7,9-10,12-16,18-19,21-23,25,27-29,31-42,44-47,49,51-53,55,57-70H2,1-3H3/b11-8-,20-17-,26-24-,43-30-,50-48-,56-54-. The van der Waals surface area contributed by atoms with E-state index in [1.54, 1.807) is 0 Å². The van der Waals surface area contributed by atoms with Crippen molar-refractivity contribution in [3.63, 3.8) is 0 Å². The van der Waals surface area contributed by atoms with E-state index >= 15 is 0 Å². The molecular weight excluding hydrogens is 985 g/mol. The molecule has 0 fully saturated rings. The van der Waals surface area contributed by atoms with Crippen LogP contribution in [0.5, 0.6) is 0 Å². The van der Waals surface area contributed by atoms with Gasteiger partial charge in [0.15, 0.2) is 6.10 Å². The van der Waals surface area contributed by atoms with Crippen molar-refractivity contribution in [3.8, 4) is 0 Å². The third-order valence-electron chi connectivity index (χ3n) is 15.5. The number of unbranched alkanes of at least 4 members (excludes halogenated alkanes) is 41. The van der Waals surface area contributed by atoms with Crippen molar-refractivity contribution in [2.45, 2.75) is 367 Å². The molecule has 0 aliphatic rings. The van der Waals surface area contributed by atoms with Gasteiger partial charge < -0.3 is 14.2 Å². The van der Waals surface area contributed by atoms with Gasteiger partial charge in [0.1, 0.15) is 13.2 Å². The third kappa shape index (κ3) is 65.7. The molecule has 80 heavy (non-hydrogen) atoms. The van der Waals surface area contributed by atoms with Gasteiger partial charge in [0.2, 0.25) is 0 Å². The first-order valence-electron chi connectivity index (χ1n) is 34.9. The molecule has 6 heteroatoms. The summed E-state index contributed by atoms with van der Waals surface area (Å²) < 4.78 is 16.8. The van der Waals surface area contributed by atoms with Gasteiger partial charge >= 0.3 is 17.9 Å². The molecule has 1 unspecified atom stereocenters. The van der Waals surface area contributed by atoms with Gasteiger partial charge in [0.05, 0.1) is 0 Å². The second kappa shape index (κ2) is 68.3. The Balaban J connectivity index is 4.07. The molecule has 0 aliphatic heterocycles. The van der Waals surface area contributed by atoms with Crippen molar-refractivity contribution in [2.75, 3.05) is 13.2 Å². The summed E-state index contributed by atoms with van der Waals surface area (Å²) in [7, 11) is 0. The van der Waals surface area contributed by atoms with E-state index in [4.69, 9.17) is 14.2 Å². The van der Waals surface area contributed by atoms with Crippen LogP contribution in [0, 0.1) is 0 Å². The molecule has 6 nitrogen and oxygen atoms in total. The number of hydrogen-bond donors (Lipinski definition) is 0. The van der Waals surface area contributed by atoms with Crippen molar-refractivity contribution >= 4 is 17.9 Å². The van der Waals surface area contributed by atoms with Gasteiger partial charge in [-0.3, -0.25) is 14.4 Å². The normalized spacial score (nSPS) is 12.5. The van der Waals surface area contributed by atoms with Gasteiger partial charge in [-0.25, -0.2) is 0 Å². The van der Waals surface area contributed by atoms with Crippen molar-refractivity contribution in [3.05, 3.63) is 72.9 Å². The fourth-order valence-electron chi connectivity index (χ4n) is 10.3. The van der Waals surface area contributed by atoms with Crippen LogP contribution in [0.25, 0.3) is 0 Å². The van der Waals surface area contributed by atoms with E-state index in [1.807, 2.05) is 0 Å². The lowest BCUT2D eigenvalue weighted by atomic mass is 10.0. The van der Waals surface area contributed by atoms with Crippen LogP contribution in [-0.2, 0) is 28.6 Å². The number of carbonyl (C=O) groups excluding carboxylic acids is 3. The predicted molar refractivity (Wildman–Crippen MR) is 348 cm³/mol. The van der Waals surface area contributed by atoms with Crippen LogP contribution >= 0.6 is 0 Å². The van der Waals surface area contributed by atoms with E-state index in [9.17, 15) is 14.4 Å². The summed E-state index contributed by atoms with van der Waals surface area (Å²) in [5.41, 5.74) is 0. The van der Waals surface area contributed by atoms with Gasteiger partial charge in [-0.1, -0.05) is 344 Å². The molecule has 0 amide bonds. The molecule has 0 spiro atoms. The molecule has 0 rings (SSSR count). The molecule has 1 atom stereocenters. The molecule has 0 aromatic heterocycles. The largest absolute Gasteiger partial charge is 0.462 e. The zero-order valence-corrected chi connectivity index (χ0v) is 53.3. The Labute approximate surface area is 497 Å². The highest BCUT2D eigenvalue weighted by molar-refractivity contribution is 5.71. The molecule has 0 aromatic rings. The van der Waals surface area contributed by atoms with Crippen molar-refractivity contribution in [2.24, 2.45) is 0 Å². The fraction of sp³-hybridized carbons (Fsp3) is 0.797. The molecule has 0 bridgehead atoms. The molecule has 0 aromatic carbocycles. The Morgan fingerprint density at radius 1 is 0.263 bits per heavy atom. The molecule has 0 saturated carbocycles. The molecule has 0 heterocycles. The van der Waals surface area contributed by atoms with Gasteiger partial charge in [-0.2, -0.15) is 0 Å². The zero-order valence-electron chi connectivity index (χ0n) is 53.3. The number of allylic oxidation sites excluding steroid dienone is 12. The number of hydrogen-bond acceptors (Lipinski definition) is 6. The maximum absolute atomic E-state index is 12.9. The van der Waals surface area contributed by atoms with E-state index in [0.717, 1.165) is 89.9 Å². The highest BCUT2D eigenvalue weighted by Gasteiger charge is 2.19. The lowest BCUT2D eigenvalue weighted by molar-refractivity contribution is -0.167. The summed E-state index contributed by atoms with van der Waals surface area (Å²) in [6, 6.07) is 0. The van der Waals surface area contributed by atoms with Crippen LogP contribution in [0.4, 0.5) is 0 Å². The van der Waals surface area contributed by atoms with Crippen molar-refractivity contribution in [1.82, 2.24) is 0 Å². The van der Waals surface area contributed by atoms with Crippen LogP contribution in [0.3, 0.4) is 0 Å². The summed E-state index contributed by atoms with van der Waals surface area (Å²) in [5, 5.41) is 0. The first-order chi connectivity index (χ1) is 39.5. The summed E-state index contributed by atoms with van der Waals surface area (Å²) in [5.74, 6) is -0.922. The Kier molecular flexibility index (Phi) is 65.7. The topological polar surface area (TPSA) is 78.9 Å². The van der Waals surface area contributed by atoms with E-state index in [-0.39, 0.29) is 37.5 Å². The van der Waals surface area contributed by atoms with E-state index in [2.05, 4.69) is 93.7 Å². The Hall–Kier alpha value is -3.15. The lowest BCUT2D eigenvalue weighted by Gasteiger charge is -2.18. The van der Waals surface area contributed by atoms with Crippen LogP contribution in [-0.4, -0.2) is 37.2 Å². The van der Waals surface area contributed by atoms with Crippen LogP contribution < -0.4 is 0 Å². The maximum atomic E-state index is 12.9. The minimum absolute atomic E-state index is 0.0895. The third-order valence-corrected chi connectivity index (χ3v) is 15.5. The van der Waals surface area contributed by atoms with Crippen molar-refractivity contribution < 1.29 is 28.6 Å². The second-order valence-corrected chi connectivity index (χ2v) is 23.4. The van der Waals surface area contributed by atoms with Gasteiger partial charge in [-0.05, 0) is 70.6 Å². The SMILES string of the molecule is CC/C=C\C/C=C\C/C=C\C/C=C\C/C=C\C/C=C\CCCCC(=O)OC(COC(=O)CCCCCCCCCC)COC(=O)CCCCCCCCCCCCCCCCCCCCCCCCCCCCCCCCCCC. The van der Waals surface area contributed by atoms with E-state index in [1.165, 1.54) is 225 Å². The lowest BCUT2D eigenvalue weighted by Crippen LogP contribution is -2.30. The van der Waals surface area contributed by atoms with E-state index in [0.29, 0.717) is 19.3 Å². The summed E-state index contributed by atoms with van der Waals surface area (Å²) in [6.07, 6.45) is 89.7. The van der Waals surface area contributed by atoms with E-state index < -0.39 is 6.10 Å². The average molecular weight is 1120 g/mol.